The second-order valence-corrected chi connectivity index (χ2v) is 6.24. The smallest absolute Gasteiger partial charge is 0.251 e. The number of rotatable bonds is 3. The van der Waals surface area contributed by atoms with Gasteiger partial charge in [-0.05, 0) is 37.0 Å². The van der Waals surface area contributed by atoms with E-state index in [1.54, 1.807) is 6.07 Å². The van der Waals surface area contributed by atoms with Crippen molar-refractivity contribution in [2.75, 3.05) is 0 Å². The zero-order valence-corrected chi connectivity index (χ0v) is 13.0. The van der Waals surface area contributed by atoms with Gasteiger partial charge in [0.25, 0.3) is 5.91 Å². The van der Waals surface area contributed by atoms with Crippen LogP contribution in [0.2, 0.25) is 0 Å². The molecule has 3 N–H and O–H groups in total. The minimum Gasteiger partial charge on any atom is -0.349 e. The average molecular weight is 331 g/mol. The first-order chi connectivity index (χ1) is 9.94. The molecule has 2 saturated carbocycles. The first-order valence-electron chi connectivity index (χ1n) is 7.49. The molecule has 1 aromatic rings. The van der Waals surface area contributed by atoms with E-state index in [4.69, 9.17) is 5.73 Å². The molecule has 6 heteroatoms. The molecule has 0 radical (unpaired) electrons. The quantitative estimate of drug-likeness (QED) is 0.894. The number of hydrogen-bond donors (Lipinski definition) is 2. The van der Waals surface area contributed by atoms with Gasteiger partial charge in [-0.3, -0.25) is 4.79 Å². The van der Waals surface area contributed by atoms with E-state index in [1.165, 1.54) is 0 Å². The lowest BCUT2D eigenvalue weighted by molar-refractivity contribution is -0.0399. The number of carbonyl (C=O) groups is 1. The van der Waals surface area contributed by atoms with E-state index in [0.29, 0.717) is 24.3 Å². The van der Waals surface area contributed by atoms with Crippen molar-refractivity contribution >= 4 is 18.3 Å². The summed E-state index contributed by atoms with van der Waals surface area (Å²) in [5.41, 5.74) is 7.50. The van der Waals surface area contributed by atoms with E-state index in [9.17, 15) is 13.6 Å². The van der Waals surface area contributed by atoms with E-state index < -0.39 is 5.92 Å². The van der Waals surface area contributed by atoms with Crippen LogP contribution in [0.1, 0.15) is 53.9 Å². The molecule has 1 amide bonds. The highest BCUT2D eigenvalue weighted by molar-refractivity contribution is 5.94. The van der Waals surface area contributed by atoms with E-state index in [-0.39, 0.29) is 43.2 Å². The van der Waals surface area contributed by atoms with E-state index in [1.807, 2.05) is 18.2 Å². The molecular weight excluding hydrogens is 310 g/mol. The highest BCUT2D eigenvalue weighted by Crippen LogP contribution is 2.39. The van der Waals surface area contributed by atoms with Crippen LogP contribution in [0.4, 0.5) is 8.78 Å². The first kappa shape index (κ1) is 17.2. The zero-order valence-electron chi connectivity index (χ0n) is 12.2. The third-order valence-corrected chi connectivity index (χ3v) is 4.47. The third kappa shape index (κ3) is 3.96. The second kappa shape index (κ2) is 6.50. The van der Waals surface area contributed by atoms with E-state index in [2.05, 4.69) is 5.32 Å². The van der Waals surface area contributed by atoms with Crippen LogP contribution >= 0.6 is 12.4 Å². The van der Waals surface area contributed by atoms with Crippen LogP contribution in [0.3, 0.4) is 0 Å². The summed E-state index contributed by atoms with van der Waals surface area (Å²) in [6, 6.07) is 7.50. The second-order valence-electron chi connectivity index (χ2n) is 6.24. The fourth-order valence-electron chi connectivity index (χ4n) is 2.96. The molecule has 0 aliphatic heterocycles. The summed E-state index contributed by atoms with van der Waals surface area (Å²) < 4.78 is 26.2. The molecule has 3 nitrogen and oxygen atoms in total. The molecule has 0 spiro atoms. The van der Waals surface area contributed by atoms with Gasteiger partial charge in [-0.15, -0.1) is 12.4 Å². The van der Waals surface area contributed by atoms with Crippen molar-refractivity contribution < 1.29 is 13.6 Å². The number of amides is 1. The monoisotopic (exact) mass is 330 g/mol. The molecule has 1 aromatic carbocycles. The predicted molar refractivity (Wildman–Crippen MR) is 83.7 cm³/mol. The molecule has 22 heavy (non-hydrogen) atoms. The van der Waals surface area contributed by atoms with Gasteiger partial charge in [-0.2, -0.15) is 0 Å². The van der Waals surface area contributed by atoms with Crippen LogP contribution in [0.25, 0.3) is 0 Å². The Hall–Kier alpha value is -1.20. The minimum absolute atomic E-state index is 0. The molecule has 0 aromatic heterocycles. The van der Waals surface area contributed by atoms with Crippen molar-refractivity contribution in [2.45, 2.75) is 56.0 Å². The lowest BCUT2D eigenvalue weighted by Crippen LogP contribution is -2.40. The summed E-state index contributed by atoms with van der Waals surface area (Å²) in [5.74, 6) is -2.39. The summed E-state index contributed by atoms with van der Waals surface area (Å²) in [7, 11) is 0. The number of nitrogens with two attached hydrogens (primary N) is 1. The maximum Gasteiger partial charge on any atom is 0.251 e. The predicted octanol–water partition coefficient (Wildman–Crippen LogP) is 3.23. The van der Waals surface area contributed by atoms with Gasteiger partial charge in [0.15, 0.2) is 0 Å². The standard InChI is InChI=1S/C16H20F2N2O.ClH/c17-16(18)6-4-12(5-7-16)20-15(21)11-3-1-2-10(8-11)13-9-14(13)19;/h1-3,8,12-14H,4-7,9,19H2,(H,20,21);1H/t13-,14+;/m0./s1. The van der Waals surface area contributed by atoms with Crippen LogP contribution in [0.15, 0.2) is 24.3 Å². The Morgan fingerprint density at radius 2 is 1.91 bits per heavy atom. The van der Waals surface area contributed by atoms with Gasteiger partial charge >= 0.3 is 0 Å². The molecular formula is C16H21ClF2N2O. The van der Waals surface area contributed by atoms with Crippen LogP contribution < -0.4 is 11.1 Å². The lowest BCUT2D eigenvalue weighted by Gasteiger charge is -2.28. The number of benzene rings is 1. The third-order valence-electron chi connectivity index (χ3n) is 4.47. The molecule has 0 heterocycles. The Morgan fingerprint density at radius 1 is 1.27 bits per heavy atom. The van der Waals surface area contributed by atoms with Gasteiger partial charge in [-0.25, -0.2) is 8.78 Å². The highest BCUT2D eigenvalue weighted by atomic mass is 35.5. The normalized spacial score (nSPS) is 26.9. The lowest BCUT2D eigenvalue weighted by atomic mass is 9.92. The van der Waals surface area contributed by atoms with Crippen molar-refractivity contribution in [3.05, 3.63) is 35.4 Å². The Kier molecular flexibility index (Phi) is 5.07. The van der Waals surface area contributed by atoms with Gasteiger partial charge in [0.05, 0.1) is 0 Å². The van der Waals surface area contributed by atoms with E-state index in [0.717, 1.165) is 12.0 Å². The number of halogens is 3. The largest absolute Gasteiger partial charge is 0.349 e. The average Bonchev–Trinajstić information content (AvgIpc) is 3.18. The molecule has 2 fully saturated rings. The molecule has 0 unspecified atom stereocenters. The fraction of sp³-hybridized carbons (Fsp3) is 0.562. The number of nitrogens with one attached hydrogen (secondary N) is 1. The molecule has 2 aliphatic carbocycles. The summed E-state index contributed by atoms with van der Waals surface area (Å²) in [6.45, 7) is 0. The van der Waals surface area contributed by atoms with Crippen molar-refractivity contribution in [3.63, 3.8) is 0 Å². The van der Waals surface area contributed by atoms with Crippen molar-refractivity contribution in [1.82, 2.24) is 5.32 Å². The summed E-state index contributed by atoms with van der Waals surface area (Å²) in [4.78, 5) is 12.2. The number of carbonyl (C=O) groups excluding carboxylic acids is 1. The zero-order chi connectivity index (χ0) is 15.0. The van der Waals surface area contributed by atoms with Crippen LogP contribution in [0.5, 0.6) is 0 Å². The maximum absolute atomic E-state index is 13.1. The maximum atomic E-state index is 13.1. The van der Waals surface area contributed by atoms with Crippen LogP contribution in [0, 0.1) is 0 Å². The van der Waals surface area contributed by atoms with Crippen molar-refractivity contribution in [1.29, 1.82) is 0 Å². The summed E-state index contributed by atoms with van der Waals surface area (Å²) >= 11 is 0. The Balaban J connectivity index is 0.00000176. The number of alkyl halides is 2. The molecule has 0 bridgehead atoms. The van der Waals surface area contributed by atoms with Gasteiger partial charge < -0.3 is 11.1 Å². The molecule has 2 atom stereocenters. The van der Waals surface area contributed by atoms with Gasteiger partial charge in [0, 0.05) is 36.4 Å². The topological polar surface area (TPSA) is 55.1 Å². The van der Waals surface area contributed by atoms with Crippen molar-refractivity contribution in [2.24, 2.45) is 5.73 Å². The van der Waals surface area contributed by atoms with Gasteiger partial charge in [-0.1, -0.05) is 12.1 Å². The van der Waals surface area contributed by atoms with Crippen molar-refractivity contribution in [3.8, 4) is 0 Å². The number of hydrogen-bond acceptors (Lipinski definition) is 2. The molecule has 2 aliphatic rings. The summed E-state index contributed by atoms with van der Waals surface area (Å²) in [6.07, 6.45) is 1.35. The van der Waals surface area contributed by atoms with Gasteiger partial charge in [0.2, 0.25) is 5.92 Å². The highest BCUT2D eigenvalue weighted by Gasteiger charge is 2.36. The van der Waals surface area contributed by atoms with Crippen LogP contribution in [-0.4, -0.2) is 23.9 Å². The molecule has 0 saturated heterocycles. The Bertz CT molecular complexity index is 543. The SMILES string of the molecule is Cl.N[C@@H]1C[C@H]1c1cccc(C(=O)NC2CCC(F)(F)CC2)c1. The van der Waals surface area contributed by atoms with Crippen LogP contribution in [-0.2, 0) is 0 Å². The van der Waals surface area contributed by atoms with E-state index >= 15 is 0 Å². The first-order valence-corrected chi connectivity index (χ1v) is 7.49. The summed E-state index contributed by atoms with van der Waals surface area (Å²) in [5, 5.41) is 2.87. The molecule has 122 valence electrons. The fourth-order valence-corrected chi connectivity index (χ4v) is 2.96. The Labute approximate surface area is 135 Å². The Morgan fingerprint density at radius 3 is 2.50 bits per heavy atom. The van der Waals surface area contributed by atoms with Gasteiger partial charge in [0.1, 0.15) is 0 Å². The molecule has 3 rings (SSSR count). The minimum atomic E-state index is -2.57.